The first-order valence-electron chi connectivity index (χ1n) is 4.49. The summed E-state index contributed by atoms with van der Waals surface area (Å²) in [5, 5.41) is 29.6. The molecule has 1 rings (SSSR count). The van der Waals surface area contributed by atoms with Crippen LogP contribution in [0.5, 0.6) is 11.5 Å². The van der Waals surface area contributed by atoms with E-state index < -0.39 is 12.0 Å². The lowest BCUT2D eigenvalue weighted by molar-refractivity contribution is 0.0923. The molecule has 5 heteroatoms. The average molecular weight is 211 g/mol. The number of carbonyl (C=O) groups is 1. The van der Waals surface area contributed by atoms with E-state index >= 15 is 0 Å². The van der Waals surface area contributed by atoms with Gasteiger partial charge in [-0.3, -0.25) is 4.79 Å². The summed E-state index contributed by atoms with van der Waals surface area (Å²) in [4.78, 5) is 11.4. The van der Waals surface area contributed by atoms with E-state index in [1.165, 1.54) is 12.1 Å². The zero-order valence-corrected chi connectivity index (χ0v) is 8.27. The Morgan fingerprint density at radius 1 is 1.40 bits per heavy atom. The van der Waals surface area contributed by atoms with Crippen molar-refractivity contribution in [3.05, 3.63) is 23.8 Å². The van der Waals surface area contributed by atoms with Gasteiger partial charge in [-0.1, -0.05) is 0 Å². The molecule has 0 fully saturated rings. The molecule has 0 aliphatic rings. The highest BCUT2D eigenvalue weighted by atomic mass is 16.3. The van der Waals surface area contributed by atoms with Crippen LogP contribution in [0.25, 0.3) is 0 Å². The van der Waals surface area contributed by atoms with Crippen molar-refractivity contribution in [1.82, 2.24) is 5.32 Å². The molecule has 0 aliphatic heterocycles. The van der Waals surface area contributed by atoms with Crippen LogP contribution in [0.2, 0.25) is 0 Å². The Bertz CT molecular complexity index is 362. The predicted octanol–water partition coefficient (Wildman–Crippen LogP) is 0.208. The van der Waals surface area contributed by atoms with E-state index in [1.54, 1.807) is 6.92 Å². The maximum Gasteiger partial charge on any atom is 0.251 e. The summed E-state index contributed by atoms with van der Waals surface area (Å²) in [5.74, 6) is -1.03. The van der Waals surface area contributed by atoms with Gasteiger partial charge in [0.05, 0.1) is 6.10 Å². The number of aromatic hydroxyl groups is 2. The molecule has 0 aromatic heterocycles. The topological polar surface area (TPSA) is 89.8 Å². The van der Waals surface area contributed by atoms with Crippen LogP contribution >= 0.6 is 0 Å². The molecule has 0 aliphatic carbocycles. The Balaban J connectivity index is 2.70. The van der Waals surface area contributed by atoms with Gasteiger partial charge in [0, 0.05) is 12.1 Å². The maximum absolute atomic E-state index is 11.4. The van der Waals surface area contributed by atoms with Crippen LogP contribution < -0.4 is 5.32 Å². The summed E-state index contributed by atoms with van der Waals surface area (Å²) >= 11 is 0. The summed E-state index contributed by atoms with van der Waals surface area (Å²) in [5.41, 5.74) is 0.228. The Hall–Kier alpha value is -1.75. The number of carbonyl (C=O) groups excluding carboxylic acids is 1. The van der Waals surface area contributed by atoms with E-state index in [-0.39, 0.29) is 23.6 Å². The molecule has 0 bridgehead atoms. The molecule has 0 radical (unpaired) electrons. The van der Waals surface area contributed by atoms with E-state index in [0.717, 1.165) is 6.07 Å². The molecule has 0 unspecified atom stereocenters. The van der Waals surface area contributed by atoms with Gasteiger partial charge >= 0.3 is 0 Å². The van der Waals surface area contributed by atoms with Crippen molar-refractivity contribution in [2.75, 3.05) is 6.54 Å². The largest absolute Gasteiger partial charge is 0.504 e. The van der Waals surface area contributed by atoms with Gasteiger partial charge in [-0.25, -0.2) is 0 Å². The lowest BCUT2D eigenvalue weighted by atomic mass is 10.2. The van der Waals surface area contributed by atoms with Crippen molar-refractivity contribution in [3.63, 3.8) is 0 Å². The zero-order valence-electron chi connectivity index (χ0n) is 8.27. The normalized spacial score (nSPS) is 12.1. The monoisotopic (exact) mass is 211 g/mol. The highest BCUT2D eigenvalue weighted by Gasteiger charge is 2.08. The minimum atomic E-state index is -0.625. The fourth-order valence-electron chi connectivity index (χ4n) is 1.01. The number of hydrogen-bond acceptors (Lipinski definition) is 4. The minimum Gasteiger partial charge on any atom is -0.504 e. The number of amides is 1. The summed E-state index contributed by atoms with van der Waals surface area (Å²) in [6.45, 7) is 1.69. The van der Waals surface area contributed by atoms with Crippen LogP contribution in [0.3, 0.4) is 0 Å². The van der Waals surface area contributed by atoms with Crippen molar-refractivity contribution in [2.24, 2.45) is 0 Å². The smallest absolute Gasteiger partial charge is 0.251 e. The molecule has 5 nitrogen and oxygen atoms in total. The van der Waals surface area contributed by atoms with E-state index in [2.05, 4.69) is 5.32 Å². The molecule has 1 amide bonds. The van der Waals surface area contributed by atoms with Crippen LogP contribution in [0, 0.1) is 0 Å². The van der Waals surface area contributed by atoms with E-state index in [0.29, 0.717) is 0 Å². The van der Waals surface area contributed by atoms with Gasteiger partial charge < -0.3 is 20.6 Å². The molecule has 0 spiro atoms. The summed E-state index contributed by atoms with van der Waals surface area (Å²) < 4.78 is 0. The molecule has 1 aromatic carbocycles. The number of aliphatic hydroxyl groups excluding tert-OH is 1. The number of benzene rings is 1. The first kappa shape index (κ1) is 11.3. The molecule has 0 saturated carbocycles. The Kier molecular flexibility index (Phi) is 3.51. The number of phenols is 2. The summed E-state index contributed by atoms with van der Waals surface area (Å²) in [6.07, 6.45) is -0.625. The van der Waals surface area contributed by atoms with Crippen LogP contribution in [0.15, 0.2) is 18.2 Å². The Labute approximate surface area is 87.0 Å². The third-order valence-electron chi connectivity index (χ3n) is 1.80. The predicted molar refractivity (Wildman–Crippen MR) is 53.8 cm³/mol. The second-order valence-corrected chi connectivity index (χ2v) is 3.26. The molecule has 1 atom stereocenters. The first-order chi connectivity index (χ1) is 7.00. The lowest BCUT2D eigenvalue weighted by Crippen LogP contribution is -2.30. The highest BCUT2D eigenvalue weighted by molar-refractivity contribution is 5.94. The maximum atomic E-state index is 11.4. The van der Waals surface area contributed by atoms with Crippen LogP contribution in [0.1, 0.15) is 17.3 Å². The van der Waals surface area contributed by atoms with Gasteiger partial charge in [0.25, 0.3) is 5.91 Å². The SMILES string of the molecule is C[C@@H](O)CNC(=O)c1ccc(O)c(O)c1. The van der Waals surface area contributed by atoms with Crippen molar-refractivity contribution in [3.8, 4) is 11.5 Å². The van der Waals surface area contributed by atoms with Gasteiger partial charge in [-0.05, 0) is 25.1 Å². The van der Waals surface area contributed by atoms with Crippen LogP contribution in [-0.2, 0) is 0 Å². The second kappa shape index (κ2) is 4.65. The fraction of sp³-hybridized carbons (Fsp3) is 0.300. The first-order valence-corrected chi connectivity index (χ1v) is 4.49. The molecular formula is C10H13NO4. The van der Waals surface area contributed by atoms with Crippen molar-refractivity contribution in [1.29, 1.82) is 0 Å². The third kappa shape index (κ3) is 3.14. The van der Waals surface area contributed by atoms with Gasteiger partial charge in [-0.2, -0.15) is 0 Å². The quantitative estimate of drug-likeness (QED) is 0.538. The average Bonchev–Trinajstić information content (AvgIpc) is 2.18. The molecule has 4 N–H and O–H groups in total. The Morgan fingerprint density at radius 3 is 2.60 bits per heavy atom. The molecule has 1 aromatic rings. The molecule has 0 saturated heterocycles. The third-order valence-corrected chi connectivity index (χ3v) is 1.80. The molecular weight excluding hydrogens is 198 g/mol. The number of phenolic OH excluding ortho intramolecular Hbond substituents is 2. The standard InChI is InChI=1S/C10H13NO4/c1-6(12)5-11-10(15)7-2-3-8(13)9(14)4-7/h2-4,6,12-14H,5H2,1H3,(H,11,15)/t6-/m1/s1. The number of nitrogens with one attached hydrogen (secondary N) is 1. The lowest BCUT2D eigenvalue weighted by Gasteiger charge is -2.07. The summed E-state index contributed by atoms with van der Waals surface area (Å²) in [7, 11) is 0. The van der Waals surface area contributed by atoms with Crippen LogP contribution in [0.4, 0.5) is 0 Å². The fourth-order valence-corrected chi connectivity index (χ4v) is 1.01. The van der Waals surface area contributed by atoms with Crippen molar-refractivity contribution >= 4 is 5.91 Å². The second-order valence-electron chi connectivity index (χ2n) is 3.26. The number of hydrogen-bond donors (Lipinski definition) is 4. The van der Waals surface area contributed by atoms with Crippen molar-refractivity contribution < 1.29 is 20.1 Å². The summed E-state index contributed by atoms with van der Waals surface area (Å²) in [6, 6.07) is 3.77. The number of aliphatic hydroxyl groups is 1. The van der Waals surface area contributed by atoms with Gasteiger partial charge in [-0.15, -0.1) is 0 Å². The van der Waals surface area contributed by atoms with E-state index in [1.807, 2.05) is 0 Å². The van der Waals surface area contributed by atoms with Gasteiger partial charge in [0.1, 0.15) is 0 Å². The number of rotatable bonds is 3. The van der Waals surface area contributed by atoms with Gasteiger partial charge in [0.15, 0.2) is 11.5 Å². The minimum absolute atomic E-state index is 0.139. The molecule has 0 heterocycles. The van der Waals surface area contributed by atoms with Crippen LogP contribution in [-0.4, -0.2) is 33.9 Å². The Morgan fingerprint density at radius 2 is 2.07 bits per heavy atom. The van der Waals surface area contributed by atoms with Gasteiger partial charge in [0.2, 0.25) is 0 Å². The van der Waals surface area contributed by atoms with E-state index in [4.69, 9.17) is 15.3 Å². The molecule has 82 valence electrons. The van der Waals surface area contributed by atoms with Crippen molar-refractivity contribution in [2.45, 2.75) is 13.0 Å². The molecule has 15 heavy (non-hydrogen) atoms. The zero-order chi connectivity index (χ0) is 11.4. The van der Waals surface area contributed by atoms with E-state index in [9.17, 15) is 4.79 Å². The highest BCUT2D eigenvalue weighted by Crippen LogP contribution is 2.24.